The fraction of sp³-hybridized carbons (Fsp3) is 0.333. The third-order valence-corrected chi connectivity index (χ3v) is 2.20. The van der Waals surface area contributed by atoms with Crippen molar-refractivity contribution in [3.05, 3.63) is 35.4 Å². The number of alkyl halides is 2. The number of esters is 1. The van der Waals surface area contributed by atoms with Crippen LogP contribution in [0.25, 0.3) is 0 Å². The van der Waals surface area contributed by atoms with Gasteiger partial charge in [-0.25, -0.2) is 4.79 Å². The number of fused-ring (bicyclic) bond motifs is 2. The number of cyclic esters (lactones) is 1. The van der Waals surface area contributed by atoms with Gasteiger partial charge in [0.25, 0.3) is 0 Å². The number of benzene rings is 1. The number of carbonyl (C=O) groups is 2. The molecule has 0 aromatic heterocycles. The Labute approximate surface area is 108 Å². The van der Waals surface area contributed by atoms with E-state index < -0.39 is 24.9 Å². The first-order valence-electron chi connectivity index (χ1n) is 5.42. The zero-order chi connectivity index (χ0) is 14.5. The van der Waals surface area contributed by atoms with Crippen molar-refractivity contribution in [3.8, 4) is 0 Å². The summed E-state index contributed by atoms with van der Waals surface area (Å²) < 4.78 is 28.0. The van der Waals surface area contributed by atoms with Crippen LogP contribution < -0.4 is 5.73 Å². The normalized spacial score (nSPS) is 13.1. The second kappa shape index (κ2) is 6.24. The summed E-state index contributed by atoms with van der Waals surface area (Å²) in [5.41, 5.74) is 5.91. The topological polar surface area (TPSA) is 89.6 Å². The quantitative estimate of drug-likeness (QED) is 0.647. The van der Waals surface area contributed by atoms with Gasteiger partial charge in [0.05, 0.1) is 12.0 Å². The molecule has 7 heteroatoms. The summed E-state index contributed by atoms with van der Waals surface area (Å²) in [5.74, 6) is -1.48. The van der Waals surface area contributed by atoms with Crippen LogP contribution in [0.5, 0.6) is 0 Å². The molecule has 1 aliphatic rings. The average molecular weight is 273 g/mol. The largest absolute Gasteiger partial charge is 0.481 e. The van der Waals surface area contributed by atoms with Crippen LogP contribution in [0.3, 0.4) is 0 Å². The van der Waals surface area contributed by atoms with Crippen molar-refractivity contribution < 1.29 is 28.2 Å². The number of ether oxygens (including phenoxy) is 1. The van der Waals surface area contributed by atoms with Gasteiger partial charge in [-0.2, -0.15) is 8.78 Å². The molecule has 5 nitrogen and oxygen atoms in total. The Morgan fingerprint density at radius 2 is 2.16 bits per heavy atom. The number of carboxylic acid groups (broad SMARTS) is 1. The summed E-state index contributed by atoms with van der Waals surface area (Å²) in [4.78, 5) is 20.5. The minimum atomic E-state index is -3.35. The molecule has 1 aromatic carbocycles. The van der Waals surface area contributed by atoms with Crippen LogP contribution in [0.15, 0.2) is 24.3 Å². The molecule has 0 amide bonds. The number of hydrogen-bond donors (Lipinski definition) is 2. The number of aliphatic carboxylic acids is 1. The number of carbonyl (C=O) groups excluding carboxylic acids is 1. The first kappa shape index (κ1) is 15.0. The molecular formula is C12H13F2NO4. The molecular weight excluding hydrogens is 260 g/mol. The second-order valence-electron chi connectivity index (χ2n) is 3.93. The van der Waals surface area contributed by atoms with E-state index >= 15 is 0 Å². The minimum Gasteiger partial charge on any atom is -0.481 e. The van der Waals surface area contributed by atoms with Gasteiger partial charge in [-0.1, -0.05) is 12.1 Å². The van der Waals surface area contributed by atoms with Crippen LogP contribution in [0, 0.1) is 0 Å². The Bertz CT molecular complexity index is 471. The van der Waals surface area contributed by atoms with Crippen molar-refractivity contribution in [1.29, 1.82) is 0 Å². The Kier molecular flexibility index (Phi) is 4.94. The molecule has 0 atom stereocenters. The zero-order valence-electron chi connectivity index (χ0n) is 9.94. The van der Waals surface area contributed by atoms with Gasteiger partial charge in [-0.3, -0.25) is 10.5 Å². The van der Waals surface area contributed by atoms with Crippen molar-refractivity contribution in [1.82, 2.24) is 0 Å². The molecule has 19 heavy (non-hydrogen) atoms. The molecule has 0 fully saturated rings. The van der Waals surface area contributed by atoms with E-state index in [1.165, 1.54) is 0 Å². The molecule has 0 saturated carbocycles. The highest BCUT2D eigenvalue weighted by atomic mass is 19.3. The van der Waals surface area contributed by atoms with Gasteiger partial charge in [0.15, 0.2) is 0 Å². The van der Waals surface area contributed by atoms with Gasteiger partial charge in [-0.15, -0.1) is 0 Å². The van der Waals surface area contributed by atoms with Crippen LogP contribution >= 0.6 is 0 Å². The summed E-state index contributed by atoms with van der Waals surface area (Å²) >= 11 is 0. The molecule has 0 aliphatic carbocycles. The molecule has 0 saturated heterocycles. The summed E-state index contributed by atoms with van der Waals surface area (Å²) in [6.45, 7) is 0.423. The van der Waals surface area contributed by atoms with Crippen LogP contribution in [-0.4, -0.2) is 23.1 Å². The molecule has 1 heterocycles. The Morgan fingerprint density at radius 3 is 2.63 bits per heavy atom. The average Bonchev–Trinajstić information content (AvgIpc) is 2.33. The molecule has 0 unspecified atom stereocenters. The van der Waals surface area contributed by atoms with E-state index in [4.69, 9.17) is 9.84 Å². The summed E-state index contributed by atoms with van der Waals surface area (Å²) in [5, 5.41) is 7.89. The van der Waals surface area contributed by atoms with E-state index in [0.29, 0.717) is 12.2 Å². The highest BCUT2D eigenvalue weighted by Gasteiger charge is 2.22. The molecule has 104 valence electrons. The highest BCUT2D eigenvalue weighted by Crippen LogP contribution is 2.13. The maximum Gasteiger partial charge on any atom is 0.338 e. The fourth-order valence-electron chi connectivity index (χ4n) is 1.29. The van der Waals surface area contributed by atoms with E-state index in [0.717, 1.165) is 5.56 Å². The van der Waals surface area contributed by atoms with Gasteiger partial charge in [0.2, 0.25) is 0 Å². The number of carboxylic acids is 1. The SMILES string of the molecule is NC(F)(F)CCC(=O)O.O=C1OCc2cccc1c2. The predicted molar refractivity (Wildman–Crippen MR) is 61.6 cm³/mol. The Balaban J connectivity index is 0.000000192. The summed E-state index contributed by atoms with van der Waals surface area (Å²) in [6.07, 6.45) is -1.40. The van der Waals surface area contributed by atoms with E-state index in [2.05, 4.69) is 5.73 Å². The van der Waals surface area contributed by atoms with Gasteiger partial charge in [-0.05, 0) is 17.7 Å². The Morgan fingerprint density at radius 1 is 1.47 bits per heavy atom. The molecule has 3 N–H and O–H groups in total. The van der Waals surface area contributed by atoms with Crippen molar-refractivity contribution in [3.63, 3.8) is 0 Å². The van der Waals surface area contributed by atoms with Crippen LogP contribution in [-0.2, 0) is 16.1 Å². The lowest BCUT2D eigenvalue weighted by atomic mass is 10.1. The van der Waals surface area contributed by atoms with E-state index in [9.17, 15) is 18.4 Å². The zero-order valence-corrected chi connectivity index (χ0v) is 9.94. The standard InChI is InChI=1S/C8H6O2.C4H7F2NO2/c9-8-7-3-1-2-6(4-7)5-10-8;5-4(6,7)2-1-3(8)9/h1-4H,5H2;1-2,7H2,(H,8,9). The second-order valence-corrected chi connectivity index (χ2v) is 3.93. The molecule has 2 rings (SSSR count). The summed E-state index contributed by atoms with van der Waals surface area (Å²) in [7, 11) is 0. The smallest absolute Gasteiger partial charge is 0.338 e. The molecule has 2 bridgehead atoms. The van der Waals surface area contributed by atoms with Crippen molar-refractivity contribution in [2.24, 2.45) is 5.73 Å². The highest BCUT2D eigenvalue weighted by molar-refractivity contribution is 5.90. The monoisotopic (exact) mass is 273 g/mol. The number of hydrogen-bond acceptors (Lipinski definition) is 4. The van der Waals surface area contributed by atoms with E-state index in [1.807, 2.05) is 18.2 Å². The van der Waals surface area contributed by atoms with Gasteiger partial charge < -0.3 is 9.84 Å². The van der Waals surface area contributed by atoms with Gasteiger partial charge >= 0.3 is 18.0 Å². The third kappa shape index (κ3) is 5.91. The first-order chi connectivity index (χ1) is 8.78. The molecule has 1 aromatic rings. The van der Waals surface area contributed by atoms with E-state index in [-0.39, 0.29) is 5.97 Å². The lowest BCUT2D eigenvalue weighted by Gasteiger charge is -2.11. The van der Waals surface area contributed by atoms with Gasteiger partial charge in [0.1, 0.15) is 6.61 Å². The molecule has 0 radical (unpaired) electrons. The molecule has 1 aliphatic heterocycles. The minimum absolute atomic E-state index is 0.215. The third-order valence-electron chi connectivity index (χ3n) is 2.20. The Hall–Kier alpha value is -2.02. The van der Waals surface area contributed by atoms with Crippen LogP contribution in [0.2, 0.25) is 0 Å². The first-order valence-corrected chi connectivity index (χ1v) is 5.42. The number of halogens is 2. The van der Waals surface area contributed by atoms with Crippen LogP contribution in [0.4, 0.5) is 8.78 Å². The van der Waals surface area contributed by atoms with Crippen molar-refractivity contribution in [2.75, 3.05) is 0 Å². The number of rotatable bonds is 3. The maximum absolute atomic E-state index is 11.6. The lowest BCUT2D eigenvalue weighted by Crippen LogP contribution is -2.28. The predicted octanol–water partition coefficient (Wildman–Crippen LogP) is 1.76. The molecule has 0 spiro atoms. The fourth-order valence-corrected chi connectivity index (χ4v) is 1.29. The summed E-state index contributed by atoms with van der Waals surface area (Å²) in [6, 6.07) is 4.07. The van der Waals surface area contributed by atoms with Gasteiger partial charge in [0, 0.05) is 6.42 Å². The van der Waals surface area contributed by atoms with Crippen molar-refractivity contribution >= 4 is 11.9 Å². The number of nitrogens with two attached hydrogens (primary N) is 1. The lowest BCUT2D eigenvalue weighted by molar-refractivity contribution is -0.139. The van der Waals surface area contributed by atoms with Crippen LogP contribution in [0.1, 0.15) is 28.8 Å². The van der Waals surface area contributed by atoms with Crippen molar-refractivity contribution in [2.45, 2.75) is 25.5 Å². The maximum atomic E-state index is 11.6. The van der Waals surface area contributed by atoms with E-state index in [1.54, 1.807) is 6.07 Å².